The Labute approximate surface area is 139 Å². The molecule has 3 rings (SSSR count). The van der Waals surface area contributed by atoms with Crippen molar-refractivity contribution in [1.82, 2.24) is 0 Å². The summed E-state index contributed by atoms with van der Waals surface area (Å²) in [5.41, 5.74) is 0.478. The second-order valence-electron chi connectivity index (χ2n) is 5.24. The van der Waals surface area contributed by atoms with E-state index in [0.717, 1.165) is 5.69 Å². The molecule has 2 aromatic carbocycles. The van der Waals surface area contributed by atoms with Gasteiger partial charge >= 0.3 is 5.63 Å². The van der Waals surface area contributed by atoms with Gasteiger partial charge in [-0.05, 0) is 37.3 Å². The van der Waals surface area contributed by atoms with Crippen LogP contribution in [0.15, 0.2) is 63.8 Å². The van der Waals surface area contributed by atoms with Crippen molar-refractivity contribution in [2.24, 2.45) is 0 Å². The van der Waals surface area contributed by atoms with E-state index in [-0.39, 0.29) is 11.5 Å². The van der Waals surface area contributed by atoms with Gasteiger partial charge < -0.3 is 14.1 Å². The third-order valence-electron chi connectivity index (χ3n) is 3.80. The molecule has 0 N–H and O–H groups in total. The molecule has 3 aromatic rings. The highest BCUT2D eigenvalue weighted by Crippen LogP contribution is 2.22. The quantitative estimate of drug-likeness (QED) is 0.690. The molecule has 0 aliphatic rings. The second kappa shape index (κ2) is 6.58. The molecule has 5 heteroatoms. The summed E-state index contributed by atoms with van der Waals surface area (Å²) < 4.78 is 10.4. The van der Waals surface area contributed by atoms with E-state index < -0.39 is 5.63 Å². The van der Waals surface area contributed by atoms with Crippen LogP contribution in [0.5, 0.6) is 5.75 Å². The average molecular weight is 323 g/mol. The zero-order valence-corrected chi connectivity index (χ0v) is 13.5. The van der Waals surface area contributed by atoms with Crippen LogP contribution in [-0.2, 0) is 0 Å². The van der Waals surface area contributed by atoms with E-state index in [2.05, 4.69) is 0 Å². The van der Waals surface area contributed by atoms with Crippen LogP contribution in [-0.4, -0.2) is 19.6 Å². The number of nitrogens with zero attached hydrogens (tertiary/aromatic N) is 1. The molecule has 0 saturated carbocycles. The highest BCUT2D eigenvalue weighted by Gasteiger charge is 2.20. The number of fused-ring (bicyclic) bond motifs is 1. The van der Waals surface area contributed by atoms with Crippen molar-refractivity contribution in [3.8, 4) is 5.75 Å². The normalized spacial score (nSPS) is 10.6. The molecule has 5 nitrogen and oxygen atoms in total. The van der Waals surface area contributed by atoms with Crippen molar-refractivity contribution in [1.29, 1.82) is 0 Å². The molecule has 122 valence electrons. The maximum atomic E-state index is 12.8. The number of hydrogen-bond donors (Lipinski definition) is 0. The number of carbonyl (C=O) groups is 1. The summed E-state index contributed by atoms with van der Waals surface area (Å²) in [4.78, 5) is 26.6. The van der Waals surface area contributed by atoms with Crippen molar-refractivity contribution in [3.63, 3.8) is 0 Å². The summed E-state index contributed by atoms with van der Waals surface area (Å²) in [7, 11) is 1.54. The maximum Gasteiger partial charge on any atom is 0.349 e. The molecule has 0 aliphatic carbocycles. The van der Waals surface area contributed by atoms with Gasteiger partial charge in [-0.1, -0.05) is 18.2 Å². The predicted molar refractivity (Wildman–Crippen MR) is 92.8 cm³/mol. The van der Waals surface area contributed by atoms with Gasteiger partial charge in [-0.15, -0.1) is 0 Å². The molecule has 0 atom stereocenters. The van der Waals surface area contributed by atoms with E-state index in [1.165, 1.54) is 7.11 Å². The lowest BCUT2D eigenvalue weighted by atomic mass is 10.1. The van der Waals surface area contributed by atoms with Crippen molar-refractivity contribution in [2.75, 3.05) is 18.6 Å². The minimum atomic E-state index is -0.657. The van der Waals surface area contributed by atoms with Gasteiger partial charge in [0.15, 0.2) is 0 Å². The fraction of sp³-hybridized carbons (Fsp3) is 0.158. The van der Waals surface area contributed by atoms with Gasteiger partial charge in [-0.25, -0.2) is 4.79 Å². The SMILES string of the molecule is CCN(C(=O)c1cc2ccc(OC)cc2oc1=O)c1ccccc1. The summed E-state index contributed by atoms with van der Waals surface area (Å²) in [6, 6.07) is 15.9. The van der Waals surface area contributed by atoms with Crippen molar-refractivity contribution < 1.29 is 13.9 Å². The molecule has 1 aromatic heterocycles. The Morgan fingerprint density at radius 2 is 1.88 bits per heavy atom. The van der Waals surface area contributed by atoms with Crippen LogP contribution in [0.25, 0.3) is 11.0 Å². The van der Waals surface area contributed by atoms with Gasteiger partial charge in [-0.2, -0.15) is 0 Å². The Bertz CT molecular complexity index is 931. The predicted octanol–water partition coefficient (Wildman–Crippen LogP) is 3.47. The summed E-state index contributed by atoms with van der Waals surface area (Å²) in [6.07, 6.45) is 0. The first kappa shape index (κ1) is 15.8. The molecule has 0 saturated heterocycles. The Morgan fingerprint density at radius 3 is 2.54 bits per heavy atom. The van der Waals surface area contributed by atoms with Crippen molar-refractivity contribution in [2.45, 2.75) is 6.92 Å². The molecule has 0 unspecified atom stereocenters. The summed E-state index contributed by atoms with van der Waals surface area (Å²) >= 11 is 0. The van der Waals surface area contributed by atoms with Crippen molar-refractivity contribution >= 4 is 22.6 Å². The van der Waals surface area contributed by atoms with Crippen LogP contribution >= 0.6 is 0 Å². The number of carbonyl (C=O) groups excluding carboxylic acids is 1. The lowest BCUT2D eigenvalue weighted by Crippen LogP contribution is -2.33. The minimum absolute atomic E-state index is 0.0124. The Morgan fingerprint density at radius 1 is 1.12 bits per heavy atom. The Balaban J connectivity index is 2.06. The van der Waals surface area contributed by atoms with Gasteiger partial charge in [-0.3, -0.25) is 4.79 Å². The van der Waals surface area contributed by atoms with Gasteiger partial charge in [0.25, 0.3) is 5.91 Å². The van der Waals surface area contributed by atoms with E-state index in [1.54, 1.807) is 29.2 Å². The summed E-state index contributed by atoms with van der Waals surface area (Å²) in [5, 5.41) is 0.669. The van der Waals surface area contributed by atoms with E-state index >= 15 is 0 Å². The number of benzene rings is 2. The van der Waals surface area contributed by atoms with Crippen LogP contribution in [0, 0.1) is 0 Å². The molecule has 0 bridgehead atoms. The lowest BCUT2D eigenvalue weighted by molar-refractivity contribution is 0.0985. The molecule has 1 heterocycles. The van der Waals surface area contributed by atoms with Crippen LogP contribution in [0.4, 0.5) is 5.69 Å². The number of methoxy groups -OCH3 is 1. The zero-order valence-electron chi connectivity index (χ0n) is 13.5. The number of hydrogen-bond acceptors (Lipinski definition) is 4. The van der Waals surface area contributed by atoms with E-state index in [9.17, 15) is 9.59 Å². The highest BCUT2D eigenvalue weighted by molar-refractivity contribution is 6.07. The van der Waals surface area contributed by atoms with Gasteiger partial charge in [0.1, 0.15) is 16.9 Å². The van der Waals surface area contributed by atoms with Gasteiger partial charge in [0, 0.05) is 23.7 Å². The minimum Gasteiger partial charge on any atom is -0.497 e. The Hall–Kier alpha value is -3.08. The van der Waals surface area contributed by atoms with E-state index in [0.29, 0.717) is 23.3 Å². The lowest BCUT2D eigenvalue weighted by Gasteiger charge is -2.20. The van der Waals surface area contributed by atoms with Crippen LogP contribution in [0.3, 0.4) is 0 Å². The topological polar surface area (TPSA) is 59.8 Å². The fourth-order valence-electron chi connectivity index (χ4n) is 2.56. The highest BCUT2D eigenvalue weighted by atomic mass is 16.5. The van der Waals surface area contributed by atoms with Gasteiger partial charge in [0.05, 0.1) is 7.11 Å². The van der Waals surface area contributed by atoms with Crippen LogP contribution in [0.2, 0.25) is 0 Å². The third kappa shape index (κ3) is 2.88. The average Bonchev–Trinajstić information content (AvgIpc) is 2.62. The molecular weight excluding hydrogens is 306 g/mol. The molecule has 0 fully saturated rings. The molecule has 0 aliphatic heterocycles. The van der Waals surface area contributed by atoms with Crippen LogP contribution in [0.1, 0.15) is 17.3 Å². The molecular formula is C19H17NO4. The summed E-state index contributed by atoms with van der Waals surface area (Å²) in [5.74, 6) is 0.208. The Kier molecular flexibility index (Phi) is 4.33. The monoisotopic (exact) mass is 323 g/mol. The smallest absolute Gasteiger partial charge is 0.349 e. The first-order chi connectivity index (χ1) is 11.6. The number of para-hydroxylation sites is 1. The molecule has 0 spiro atoms. The number of anilines is 1. The van der Waals surface area contributed by atoms with Gasteiger partial charge in [0.2, 0.25) is 0 Å². The number of amides is 1. The van der Waals surface area contributed by atoms with E-state index in [4.69, 9.17) is 9.15 Å². The first-order valence-electron chi connectivity index (χ1n) is 7.63. The standard InChI is InChI=1S/C19H17NO4/c1-3-20(14-7-5-4-6-8-14)18(21)16-11-13-9-10-15(23-2)12-17(13)24-19(16)22/h4-12H,3H2,1-2H3. The number of ether oxygens (including phenoxy) is 1. The first-order valence-corrected chi connectivity index (χ1v) is 7.63. The molecule has 0 radical (unpaired) electrons. The zero-order chi connectivity index (χ0) is 17.1. The van der Waals surface area contributed by atoms with Crippen molar-refractivity contribution in [3.05, 3.63) is 70.6 Å². The maximum absolute atomic E-state index is 12.8. The largest absolute Gasteiger partial charge is 0.497 e. The number of rotatable bonds is 4. The third-order valence-corrected chi connectivity index (χ3v) is 3.80. The van der Waals surface area contributed by atoms with Crippen LogP contribution < -0.4 is 15.3 Å². The van der Waals surface area contributed by atoms with E-state index in [1.807, 2.05) is 37.3 Å². The molecule has 1 amide bonds. The summed E-state index contributed by atoms with van der Waals surface area (Å²) in [6.45, 7) is 2.31. The molecule has 24 heavy (non-hydrogen) atoms. The second-order valence-corrected chi connectivity index (χ2v) is 5.24. The fourth-order valence-corrected chi connectivity index (χ4v) is 2.56.